The average molecular weight is 331 g/mol. The molecule has 11 heteroatoms. The summed E-state index contributed by atoms with van der Waals surface area (Å²) in [7, 11) is 0. The quantitative estimate of drug-likeness (QED) is 0.532. The molecule has 0 spiro atoms. The zero-order valence-corrected chi connectivity index (χ0v) is 10.0. The van der Waals surface area contributed by atoms with Crippen molar-refractivity contribution in [3.63, 3.8) is 0 Å². The monoisotopic (exact) mass is 331 g/mol. The number of carboxylic acid groups (broad SMARTS) is 1. The number of halogens is 9. The van der Waals surface area contributed by atoms with Crippen LogP contribution in [0.5, 0.6) is 0 Å². The van der Waals surface area contributed by atoms with Gasteiger partial charge in [0.05, 0.1) is 5.97 Å². The average Bonchev–Trinajstić information content (AvgIpc) is 2.26. The number of aliphatic carboxylic acids is 1. The normalized spacial score (nSPS) is 14.1. The van der Waals surface area contributed by atoms with Crippen LogP contribution in [0.3, 0.4) is 0 Å². The van der Waals surface area contributed by atoms with Crippen LogP contribution >= 0.6 is 0 Å². The molecule has 0 aromatic heterocycles. The van der Waals surface area contributed by atoms with E-state index in [1.54, 1.807) is 0 Å². The zero-order valence-electron chi connectivity index (χ0n) is 10.0. The summed E-state index contributed by atoms with van der Waals surface area (Å²) in [5.41, 5.74) is -0.781. The van der Waals surface area contributed by atoms with Crippen LogP contribution < -0.4 is 5.11 Å². The van der Waals surface area contributed by atoms with E-state index in [9.17, 15) is 49.4 Å². The summed E-state index contributed by atoms with van der Waals surface area (Å²) in [4.78, 5) is 10.1. The first kappa shape index (κ1) is 19.6. The van der Waals surface area contributed by atoms with E-state index in [2.05, 4.69) is 6.58 Å². The van der Waals surface area contributed by atoms with E-state index >= 15 is 0 Å². The number of carbonyl (C=O) groups is 1. The van der Waals surface area contributed by atoms with Gasteiger partial charge in [-0.1, -0.05) is 6.58 Å². The number of hydrogen-bond acceptors (Lipinski definition) is 2. The molecule has 0 radical (unpaired) electrons. The van der Waals surface area contributed by atoms with Crippen molar-refractivity contribution in [3.8, 4) is 0 Å². The Balaban J connectivity index is 5.05. The molecule has 0 rings (SSSR count). The smallest absolute Gasteiger partial charge is 0.460 e. The Morgan fingerprint density at radius 3 is 1.67 bits per heavy atom. The minimum atomic E-state index is -6.94. The van der Waals surface area contributed by atoms with Gasteiger partial charge in [-0.3, -0.25) is 0 Å². The number of rotatable bonds is 7. The SMILES string of the molecule is C=C(CCCC(F)(F)C(F)(F)C(F)(F)C(F)(F)F)C(=O)[O-]. The summed E-state index contributed by atoms with van der Waals surface area (Å²) in [5.74, 6) is -21.2. The Kier molecular flexibility index (Phi) is 5.37. The molecule has 0 aromatic carbocycles. The van der Waals surface area contributed by atoms with E-state index in [4.69, 9.17) is 0 Å². The van der Waals surface area contributed by atoms with Crippen molar-refractivity contribution in [1.29, 1.82) is 0 Å². The van der Waals surface area contributed by atoms with Gasteiger partial charge in [0.15, 0.2) is 0 Å². The lowest BCUT2D eigenvalue weighted by molar-refractivity contribution is -0.396. The summed E-state index contributed by atoms with van der Waals surface area (Å²) in [6.07, 6.45) is -10.9. The second-order valence-corrected chi connectivity index (χ2v) is 4.10. The highest BCUT2D eigenvalue weighted by Gasteiger charge is 2.81. The van der Waals surface area contributed by atoms with Crippen LogP contribution in [0.25, 0.3) is 0 Å². The molecule has 21 heavy (non-hydrogen) atoms. The van der Waals surface area contributed by atoms with Crippen LogP contribution in [0.4, 0.5) is 39.5 Å². The summed E-state index contributed by atoms with van der Waals surface area (Å²) in [5, 5.41) is 10.1. The Morgan fingerprint density at radius 1 is 0.905 bits per heavy atom. The molecule has 0 heterocycles. The lowest BCUT2D eigenvalue weighted by Crippen LogP contribution is -2.60. The van der Waals surface area contributed by atoms with Gasteiger partial charge in [0.25, 0.3) is 0 Å². The predicted molar refractivity (Wildman–Crippen MR) is 48.9 cm³/mol. The molecular formula is C10H8F9O2-. The molecule has 0 aliphatic rings. The van der Waals surface area contributed by atoms with Gasteiger partial charge >= 0.3 is 23.9 Å². The maximum absolute atomic E-state index is 13.0. The molecule has 124 valence electrons. The van der Waals surface area contributed by atoms with Gasteiger partial charge in [0.2, 0.25) is 0 Å². The second-order valence-electron chi connectivity index (χ2n) is 4.10. The summed E-state index contributed by atoms with van der Waals surface area (Å²) in [6.45, 7) is 2.80. The molecule has 0 aromatic rings. The Labute approximate surface area is 112 Å². The van der Waals surface area contributed by atoms with Gasteiger partial charge in [-0.05, 0) is 18.4 Å². The molecule has 0 amide bonds. The maximum Gasteiger partial charge on any atom is 0.460 e. The second kappa shape index (κ2) is 5.76. The lowest BCUT2D eigenvalue weighted by Gasteiger charge is -2.33. The molecule has 0 saturated heterocycles. The third-order valence-electron chi connectivity index (χ3n) is 2.47. The molecule has 0 unspecified atom stereocenters. The molecule has 0 aliphatic heterocycles. The zero-order chi connectivity index (χ0) is 17.3. The third-order valence-corrected chi connectivity index (χ3v) is 2.47. The van der Waals surface area contributed by atoms with Gasteiger partial charge in [0, 0.05) is 6.42 Å². The summed E-state index contributed by atoms with van der Waals surface area (Å²) in [6, 6.07) is 0. The minimum absolute atomic E-state index is 0.781. The van der Waals surface area contributed by atoms with E-state index < -0.39 is 54.7 Å². The van der Waals surface area contributed by atoms with Gasteiger partial charge in [-0.2, -0.15) is 39.5 Å². The van der Waals surface area contributed by atoms with Gasteiger partial charge in [0.1, 0.15) is 0 Å². The molecule has 2 nitrogen and oxygen atoms in total. The molecule has 0 N–H and O–H groups in total. The van der Waals surface area contributed by atoms with E-state index in [1.807, 2.05) is 0 Å². The minimum Gasteiger partial charge on any atom is -0.545 e. The van der Waals surface area contributed by atoms with Crippen molar-refractivity contribution < 1.29 is 49.4 Å². The fourth-order valence-electron chi connectivity index (χ4n) is 1.19. The summed E-state index contributed by atoms with van der Waals surface area (Å²) < 4.78 is 112. The highest BCUT2D eigenvalue weighted by Crippen LogP contribution is 2.54. The van der Waals surface area contributed by atoms with E-state index in [0.717, 1.165) is 0 Å². The fourth-order valence-corrected chi connectivity index (χ4v) is 1.19. The van der Waals surface area contributed by atoms with Crippen molar-refractivity contribution in [2.45, 2.75) is 43.2 Å². The first-order chi connectivity index (χ1) is 9.08. The molecule has 0 bridgehead atoms. The Morgan fingerprint density at radius 2 is 1.33 bits per heavy atom. The molecular weight excluding hydrogens is 323 g/mol. The number of carbonyl (C=O) groups excluding carboxylic acids is 1. The Hall–Kier alpha value is -1.42. The molecule has 0 fully saturated rings. The highest BCUT2D eigenvalue weighted by molar-refractivity contribution is 5.83. The van der Waals surface area contributed by atoms with Crippen LogP contribution in [0.15, 0.2) is 12.2 Å². The molecule has 0 saturated carbocycles. The van der Waals surface area contributed by atoms with E-state index in [1.165, 1.54) is 0 Å². The number of hydrogen-bond donors (Lipinski definition) is 0. The standard InChI is InChI=1S/C10H9F9O2/c1-5(6(20)21)3-2-4-7(11,12)8(13,14)9(15,16)10(17,18)19/h1-4H2,(H,20,21)/p-1. The van der Waals surface area contributed by atoms with Crippen LogP contribution in [0, 0.1) is 0 Å². The van der Waals surface area contributed by atoms with Crippen molar-refractivity contribution in [2.75, 3.05) is 0 Å². The predicted octanol–water partition coefficient (Wildman–Crippen LogP) is 2.93. The van der Waals surface area contributed by atoms with Gasteiger partial charge < -0.3 is 9.90 Å². The van der Waals surface area contributed by atoms with Crippen molar-refractivity contribution in [2.24, 2.45) is 0 Å². The van der Waals surface area contributed by atoms with Gasteiger partial charge in [-0.25, -0.2) is 0 Å². The van der Waals surface area contributed by atoms with Crippen molar-refractivity contribution in [3.05, 3.63) is 12.2 Å². The topological polar surface area (TPSA) is 40.1 Å². The van der Waals surface area contributed by atoms with Gasteiger partial charge in [-0.15, -0.1) is 0 Å². The molecule has 0 atom stereocenters. The maximum atomic E-state index is 13.0. The molecule has 0 aliphatic carbocycles. The largest absolute Gasteiger partial charge is 0.545 e. The van der Waals surface area contributed by atoms with Crippen molar-refractivity contribution >= 4 is 5.97 Å². The first-order valence-electron chi connectivity index (χ1n) is 5.17. The van der Waals surface area contributed by atoms with Crippen molar-refractivity contribution in [1.82, 2.24) is 0 Å². The van der Waals surface area contributed by atoms with Crippen LogP contribution in [-0.2, 0) is 4.79 Å². The first-order valence-corrected chi connectivity index (χ1v) is 5.17. The van der Waals surface area contributed by atoms with Crippen LogP contribution in [0.2, 0.25) is 0 Å². The lowest BCUT2D eigenvalue weighted by atomic mass is 9.97. The third kappa shape index (κ3) is 3.82. The van der Waals surface area contributed by atoms with Crippen LogP contribution in [-0.4, -0.2) is 29.9 Å². The van der Waals surface area contributed by atoms with Crippen LogP contribution in [0.1, 0.15) is 19.3 Å². The number of alkyl halides is 9. The highest BCUT2D eigenvalue weighted by atomic mass is 19.4. The Bertz CT molecular complexity index is 411. The number of carboxylic acids is 1. The van der Waals surface area contributed by atoms with E-state index in [-0.39, 0.29) is 0 Å². The van der Waals surface area contributed by atoms with E-state index in [0.29, 0.717) is 0 Å². The summed E-state index contributed by atoms with van der Waals surface area (Å²) >= 11 is 0. The fraction of sp³-hybridized carbons (Fsp3) is 0.700.